The number of anilines is 2. The van der Waals surface area contributed by atoms with Crippen LogP contribution in [0.25, 0.3) is 0 Å². The van der Waals surface area contributed by atoms with Crippen molar-refractivity contribution in [3.05, 3.63) is 41.7 Å². The van der Waals surface area contributed by atoms with Gasteiger partial charge in [0.25, 0.3) is 0 Å². The Kier molecular flexibility index (Phi) is 4.58. The van der Waals surface area contributed by atoms with Gasteiger partial charge in [0.15, 0.2) is 0 Å². The van der Waals surface area contributed by atoms with Crippen LogP contribution in [0, 0.1) is 6.92 Å². The topological polar surface area (TPSA) is 47.0 Å². The molecule has 1 heterocycles. The number of ether oxygens (including phenoxy) is 1. The molecule has 0 saturated heterocycles. The van der Waals surface area contributed by atoms with Gasteiger partial charge in [-0.15, -0.1) is 11.6 Å². The van der Waals surface area contributed by atoms with Crippen LogP contribution in [-0.2, 0) is 5.88 Å². The molecule has 100 valence electrons. The molecule has 5 heteroatoms. The molecule has 0 atom stereocenters. The molecule has 2 rings (SSSR count). The molecule has 0 spiro atoms. The monoisotopic (exact) mass is 277 g/mol. The van der Waals surface area contributed by atoms with Crippen LogP contribution >= 0.6 is 11.6 Å². The van der Waals surface area contributed by atoms with Gasteiger partial charge in [-0.05, 0) is 38.1 Å². The van der Waals surface area contributed by atoms with Gasteiger partial charge in [-0.2, -0.15) is 0 Å². The molecule has 0 radical (unpaired) electrons. The molecule has 0 unspecified atom stereocenters. The zero-order valence-corrected chi connectivity index (χ0v) is 11.7. The van der Waals surface area contributed by atoms with Crippen LogP contribution in [0.1, 0.15) is 18.2 Å². The third-order valence-corrected chi connectivity index (χ3v) is 2.84. The minimum atomic E-state index is 0.402. The van der Waals surface area contributed by atoms with Crippen molar-refractivity contribution < 1.29 is 4.74 Å². The van der Waals surface area contributed by atoms with Gasteiger partial charge in [-0.3, -0.25) is 0 Å². The largest absolute Gasteiger partial charge is 0.494 e. The van der Waals surface area contributed by atoms with E-state index in [0.29, 0.717) is 18.4 Å². The predicted octanol–water partition coefficient (Wildman–Crippen LogP) is 3.67. The van der Waals surface area contributed by atoms with Gasteiger partial charge >= 0.3 is 0 Å². The zero-order chi connectivity index (χ0) is 13.7. The van der Waals surface area contributed by atoms with E-state index in [1.54, 1.807) is 6.20 Å². The summed E-state index contributed by atoms with van der Waals surface area (Å²) in [5.74, 6) is 1.79. The number of nitrogens with one attached hydrogen (secondary N) is 1. The first-order valence-corrected chi connectivity index (χ1v) is 6.64. The van der Waals surface area contributed by atoms with Gasteiger partial charge in [0.05, 0.1) is 12.5 Å². The maximum atomic E-state index is 5.93. The van der Waals surface area contributed by atoms with E-state index >= 15 is 0 Å². The van der Waals surface area contributed by atoms with Crippen molar-refractivity contribution in [1.29, 1.82) is 0 Å². The number of aromatic nitrogens is 2. The average Bonchev–Trinajstić information content (AvgIpc) is 2.41. The van der Waals surface area contributed by atoms with E-state index in [1.165, 1.54) is 0 Å². The molecule has 19 heavy (non-hydrogen) atoms. The van der Waals surface area contributed by atoms with Crippen molar-refractivity contribution in [3.8, 4) is 5.75 Å². The lowest BCUT2D eigenvalue weighted by atomic mass is 10.2. The highest BCUT2D eigenvalue weighted by Gasteiger charge is 2.05. The summed E-state index contributed by atoms with van der Waals surface area (Å²) in [5, 5.41) is 3.15. The molecular formula is C14H16ClN3O. The Hall–Kier alpha value is -1.81. The molecule has 0 saturated carbocycles. The molecule has 4 nitrogen and oxygen atoms in total. The summed E-state index contributed by atoms with van der Waals surface area (Å²) >= 11 is 5.93. The van der Waals surface area contributed by atoms with Crippen molar-refractivity contribution in [1.82, 2.24) is 9.97 Å². The molecule has 0 amide bonds. The van der Waals surface area contributed by atoms with Gasteiger partial charge in [-0.25, -0.2) is 9.97 Å². The van der Waals surface area contributed by atoms with E-state index in [2.05, 4.69) is 15.3 Å². The summed E-state index contributed by atoms with van der Waals surface area (Å²) in [7, 11) is 0. The van der Waals surface area contributed by atoms with Crippen molar-refractivity contribution in [3.63, 3.8) is 0 Å². The Bertz CT molecular complexity index is 560. The van der Waals surface area contributed by atoms with Crippen LogP contribution in [0.4, 0.5) is 11.6 Å². The zero-order valence-electron chi connectivity index (χ0n) is 11.0. The fraction of sp³-hybridized carbons (Fsp3) is 0.286. The highest BCUT2D eigenvalue weighted by molar-refractivity contribution is 6.17. The molecule has 0 aliphatic carbocycles. The summed E-state index contributed by atoms with van der Waals surface area (Å²) in [6, 6.07) is 7.63. The predicted molar refractivity (Wildman–Crippen MR) is 77.2 cm³/mol. The van der Waals surface area contributed by atoms with Crippen LogP contribution < -0.4 is 10.1 Å². The first kappa shape index (κ1) is 13.6. The number of rotatable bonds is 5. The first-order valence-electron chi connectivity index (χ1n) is 6.11. The fourth-order valence-electron chi connectivity index (χ4n) is 1.70. The first-order chi connectivity index (χ1) is 9.22. The highest BCUT2D eigenvalue weighted by Crippen LogP contribution is 2.25. The van der Waals surface area contributed by atoms with E-state index in [4.69, 9.17) is 16.3 Å². The summed E-state index contributed by atoms with van der Waals surface area (Å²) in [6.07, 6.45) is 1.72. The van der Waals surface area contributed by atoms with Gasteiger partial charge < -0.3 is 10.1 Å². The average molecular weight is 278 g/mol. The second-order valence-corrected chi connectivity index (χ2v) is 4.30. The molecule has 1 aromatic heterocycles. The Labute approximate surface area is 117 Å². The van der Waals surface area contributed by atoms with E-state index < -0.39 is 0 Å². The highest BCUT2D eigenvalue weighted by atomic mass is 35.5. The van der Waals surface area contributed by atoms with E-state index in [0.717, 1.165) is 22.7 Å². The fourth-order valence-corrected chi connectivity index (χ4v) is 1.91. The molecule has 0 bridgehead atoms. The maximum absolute atomic E-state index is 5.93. The minimum absolute atomic E-state index is 0.402. The molecule has 1 N–H and O–H groups in total. The van der Waals surface area contributed by atoms with E-state index in [-0.39, 0.29) is 0 Å². The Morgan fingerprint density at radius 1 is 1.32 bits per heavy atom. The van der Waals surface area contributed by atoms with Gasteiger partial charge in [0, 0.05) is 23.1 Å². The normalized spacial score (nSPS) is 10.3. The maximum Gasteiger partial charge on any atom is 0.227 e. The number of nitrogens with zero attached hydrogens (tertiary/aromatic N) is 2. The molecule has 1 aromatic carbocycles. The lowest BCUT2D eigenvalue weighted by Crippen LogP contribution is -2.00. The number of halogens is 1. The second kappa shape index (κ2) is 6.38. The van der Waals surface area contributed by atoms with Gasteiger partial charge in [0.2, 0.25) is 5.95 Å². The third-order valence-electron chi connectivity index (χ3n) is 2.56. The molecular weight excluding hydrogens is 262 g/mol. The van der Waals surface area contributed by atoms with Crippen LogP contribution in [0.2, 0.25) is 0 Å². The van der Waals surface area contributed by atoms with Crippen molar-refractivity contribution in [2.45, 2.75) is 19.7 Å². The third kappa shape index (κ3) is 3.58. The molecule has 0 fully saturated rings. The molecule has 0 aliphatic heterocycles. The van der Waals surface area contributed by atoms with E-state index in [1.807, 2.05) is 38.1 Å². The van der Waals surface area contributed by atoms with Crippen molar-refractivity contribution in [2.75, 3.05) is 11.9 Å². The second-order valence-electron chi connectivity index (χ2n) is 4.04. The summed E-state index contributed by atoms with van der Waals surface area (Å²) in [4.78, 5) is 8.46. The molecule has 2 aromatic rings. The smallest absolute Gasteiger partial charge is 0.227 e. The summed E-state index contributed by atoms with van der Waals surface area (Å²) in [6.45, 7) is 4.50. The quantitative estimate of drug-likeness (QED) is 0.847. The Balaban J connectivity index is 2.21. The number of hydrogen-bond acceptors (Lipinski definition) is 4. The Morgan fingerprint density at radius 2 is 2.16 bits per heavy atom. The SMILES string of the molecule is CCOc1ccc(Nc2nccc(C)n2)cc1CCl. The number of benzene rings is 1. The lowest BCUT2D eigenvalue weighted by Gasteiger charge is -2.11. The lowest BCUT2D eigenvalue weighted by molar-refractivity contribution is 0.337. The van der Waals surface area contributed by atoms with Crippen LogP contribution in [0.5, 0.6) is 5.75 Å². The number of alkyl halides is 1. The number of hydrogen-bond donors (Lipinski definition) is 1. The van der Waals surface area contributed by atoms with Crippen molar-refractivity contribution in [2.24, 2.45) is 0 Å². The Morgan fingerprint density at radius 3 is 2.84 bits per heavy atom. The minimum Gasteiger partial charge on any atom is -0.494 e. The summed E-state index contributed by atoms with van der Waals surface area (Å²) in [5.41, 5.74) is 2.76. The summed E-state index contributed by atoms with van der Waals surface area (Å²) < 4.78 is 5.51. The van der Waals surface area contributed by atoms with Gasteiger partial charge in [0.1, 0.15) is 5.75 Å². The van der Waals surface area contributed by atoms with Crippen LogP contribution in [0.3, 0.4) is 0 Å². The standard InChI is InChI=1S/C14H16ClN3O/c1-3-19-13-5-4-12(8-11(13)9-15)18-14-16-7-6-10(2)17-14/h4-8H,3,9H2,1-2H3,(H,16,17,18). The number of aryl methyl sites for hydroxylation is 1. The van der Waals surface area contributed by atoms with Crippen molar-refractivity contribution >= 4 is 23.2 Å². The molecule has 0 aliphatic rings. The van der Waals surface area contributed by atoms with Gasteiger partial charge in [-0.1, -0.05) is 0 Å². The van der Waals surface area contributed by atoms with Crippen LogP contribution in [0.15, 0.2) is 30.5 Å². The van der Waals surface area contributed by atoms with Crippen LogP contribution in [-0.4, -0.2) is 16.6 Å². The van der Waals surface area contributed by atoms with E-state index in [9.17, 15) is 0 Å².